The molecule has 1 N–H and O–H groups in total. The molecule has 2 heterocycles. The summed E-state index contributed by atoms with van der Waals surface area (Å²) >= 11 is 5.19. The average molecular weight is 338 g/mol. The number of nitrogens with zero attached hydrogens (tertiary/aromatic N) is 2. The van der Waals surface area contributed by atoms with Gasteiger partial charge in [-0.15, -0.1) is 11.3 Å². The van der Waals surface area contributed by atoms with Gasteiger partial charge in [0, 0.05) is 46.9 Å². The summed E-state index contributed by atoms with van der Waals surface area (Å²) in [6.45, 7) is 3.14. The third-order valence-electron chi connectivity index (χ3n) is 3.43. The summed E-state index contributed by atoms with van der Waals surface area (Å²) in [7, 11) is 0. The molecular formula is C14H16BrN3S. The van der Waals surface area contributed by atoms with E-state index in [1.54, 1.807) is 11.3 Å². The Morgan fingerprint density at radius 3 is 2.95 bits per heavy atom. The van der Waals surface area contributed by atoms with Gasteiger partial charge < -0.3 is 10.2 Å². The maximum absolute atomic E-state index is 4.10. The Morgan fingerprint density at radius 2 is 2.21 bits per heavy atom. The lowest BCUT2D eigenvalue weighted by molar-refractivity contribution is 0.554. The molecule has 0 amide bonds. The highest BCUT2D eigenvalue weighted by Gasteiger charge is 2.22. The summed E-state index contributed by atoms with van der Waals surface area (Å²) in [4.78, 5) is 7.85. The zero-order valence-electron chi connectivity index (χ0n) is 10.6. The SMILES string of the molecule is Brc1ccc(N2CC[C@H](NCc3cncs3)C2)cc1. The maximum atomic E-state index is 4.10. The Morgan fingerprint density at radius 1 is 1.37 bits per heavy atom. The molecule has 1 fully saturated rings. The number of rotatable bonds is 4. The number of halogens is 1. The van der Waals surface area contributed by atoms with Crippen LogP contribution < -0.4 is 10.2 Å². The molecular weight excluding hydrogens is 322 g/mol. The van der Waals surface area contributed by atoms with Gasteiger partial charge in [-0.25, -0.2) is 0 Å². The van der Waals surface area contributed by atoms with Crippen molar-refractivity contribution >= 4 is 33.0 Å². The minimum Gasteiger partial charge on any atom is -0.370 e. The quantitative estimate of drug-likeness (QED) is 0.927. The monoisotopic (exact) mass is 337 g/mol. The van der Waals surface area contributed by atoms with Crippen molar-refractivity contribution in [2.45, 2.75) is 19.0 Å². The second kappa shape index (κ2) is 6.03. The number of benzene rings is 1. The van der Waals surface area contributed by atoms with Gasteiger partial charge in [-0.05, 0) is 30.7 Å². The molecule has 1 aliphatic rings. The van der Waals surface area contributed by atoms with Gasteiger partial charge in [0.05, 0.1) is 5.51 Å². The van der Waals surface area contributed by atoms with Gasteiger partial charge in [-0.2, -0.15) is 0 Å². The maximum Gasteiger partial charge on any atom is 0.0794 e. The molecule has 0 radical (unpaired) electrons. The van der Waals surface area contributed by atoms with E-state index in [0.717, 1.165) is 24.1 Å². The fourth-order valence-electron chi connectivity index (χ4n) is 2.39. The molecule has 0 unspecified atom stereocenters. The molecule has 3 rings (SSSR count). The second-order valence-electron chi connectivity index (χ2n) is 4.76. The van der Waals surface area contributed by atoms with Crippen molar-refractivity contribution in [1.82, 2.24) is 10.3 Å². The third-order valence-corrected chi connectivity index (χ3v) is 4.74. The van der Waals surface area contributed by atoms with Crippen molar-refractivity contribution < 1.29 is 0 Å². The van der Waals surface area contributed by atoms with Gasteiger partial charge in [-0.1, -0.05) is 15.9 Å². The third kappa shape index (κ3) is 3.35. The lowest BCUT2D eigenvalue weighted by Gasteiger charge is -2.19. The van der Waals surface area contributed by atoms with Crippen molar-refractivity contribution in [2.24, 2.45) is 0 Å². The van der Waals surface area contributed by atoms with E-state index in [-0.39, 0.29) is 0 Å². The molecule has 0 saturated carbocycles. The van der Waals surface area contributed by atoms with Crippen LogP contribution in [0.25, 0.3) is 0 Å². The Labute approximate surface area is 125 Å². The van der Waals surface area contributed by atoms with Crippen LogP contribution in [-0.4, -0.2) is 24.1 Å². The normalized spacial score (nSPS) is 19.0. The van der Waals surface area contributed by atoms with E-state index in [1.807, 2.05) is 11.7 Å². The van der Waals surface area contributed by atoms with Gasteiger partial charge in [0.1, 0.15) is 0 Å². The molecule has 0 spiro atoms. The average Bonchev–Trinajstić information content (AvgIpc) is 3.09. The molecule has 1 aliphatic heterocycles. The predicted octanol–water partition coefficient (Wildman–Crippen LogP) is 3.27. The molecule has 1 aromatic heterocycles. The number of anilines is 1. The summed E-state index contributed by atoms with van der Waals surface area (Å²) < 4.78 is 1.13. The Bertz CT molecular complexity index is 512. The van der Waals surface area contributed by atoms with Crippen molar-refractivity contribution in [1.29, 1.82) is 0 Å². The van der Waals surface area contributed by atoms with Crippen molar-refractivity contribution in [3.8, 4) is 0 Å². The first-order valence-electron chi connectivity index (χ1n) is 6.42. The largest absolute Gasteiger partial charge is 0.370 e. The lowest BCUT2D eigenvalue weighted by atomic mass is 10.2. The molecule has 0 aliphatic carbocycles. The molecule has 1 saturated heterocycles. The van der Waals surface area contributed by atoms with Crippen molar-refractivity contribution in [3.63, 3.8) is 0 Å². The van der Waals surface area contributed by atoms with Crippen LogP contribution in [-0.2, 0) is 6.54 Å². The summed E-state index contributed by atoms with van der Waals surface area (Å²) in [5, 5.41) is 3.61. The minimum absolute atomic E-state index is 0.575. The van der Waals surface area contributed by atoms with Crippen LogP contribution in [0.15, 0.2) is 40.4 Å². The number of thiazole rings is 1. The van der Waals surface area contributed by atoms with E-state index < -0.39 is 0 Å². The molecule has 100 valence electrons. The molecule has 19 heavy (non-hydrogen) atoms. The Hall–Kier alpha value is -0.910. The lowest BCUT2D eigenvalue weighted by Crippen LogP contribution is -2.31. The van der Waals surface area contributed by atoms with Gasteiger partial charge in [0.25, 0.3) is 0 Å². The highest BCUT2D eigenvalue weighted by molar-refractivity contribution is 9.10. The highest BCUT2D eigenvalue weighted by Crippen LogP contribution is 2.22. The number of aromatic nitrogens is 1. The molecule has 5 heteroatoms. The van der Waals surface area contributed by atoms with E-state index in [2.05, 4.69) is 55.4 Å². The van der Waals surface area contributed by atoms with E-state index in [1.165, 1.54) is 17.0 Å². The smallest absolute Gasteiger partial charge is 0.0794 e. The molecule has 2 aromatic rings. The fourth-order valence-corrected chi connectivity index (χ4v) is 3.20. The Kier molecular flexibility index (Phi) is 4.15. The van der Waals surface area contributed by atoms with E-state index >= 15 is 0 Å². The standard InChI is InChI=1S/C14H16BrN3S/c15-11-1-3-13(4-2-11)18-6-5-12(9-18)17-8-14-7-16-10-19-14/h1-4,7,10,12,17H,5-6,8-9H2/t12-/m0/s1. The van der Waals surface area contributed by atoms with Crippen LogP contribution >= 0.6 is 27.3 Å². The van der Waals surface area contributed by atoms with Crippen LogP contribution in [0.3, 0.4) is 0 Å². The first-order valence-corrected chi connectivity index (χ1v) is 8.10. The van der Waals surface area contributed by atoms with E-state index in [9.17, 15) is 0 Å². The van der Waals surface area contributed by atoms with Crippen LogP contribution in [0, 0.1) is 0 Å². The number of hydrogen-bond acceptors (Lipinski definition) is 4. The van der Waals surface area contributed by atoms with Crippen molar-refractivity contribution in [2.75, 3.05) is 18.0 Å². The molecule has 0 bridgehead atoms. The van der Waals surface area contributed by atoms with Crippen LogP contribution in [0.5, 0.6) is 0 Å². The van der Waals surface area contributed by atoms with Crippen LogP contribution in [0.2, 0.25) is 0 Å². The topological polar surface area (TPSA) is 28.2 Å². The van der Waals surface area contributed by atoms with E-state index in [0.29, 0.717) is 6.04 Å². The zero-order chi connectivity index (χ0) is 13.1. The van der Waals surface area contributed by atoms with E-state index in [4.69, 9.17) is 0 Å². The van der Waals surface area contributed by atoms with Gasteiger partial charge in [-0.3, -0.25) is 4.98 Å². The number of hydrogen-bond donors (Lipinski definition) is 1. The molecule has 1 atom stereocenters. The first-order chi connectivity index (χ1) is 9.31. The zero-order valence-corrected chi connectivity index (χ0v) is 13.0. The summed E-state index contributed by atoms with van der Waals surface area (Å²) in [5.41, 5.74) is 3.20. The summed E-state index contributed by atoms with van der Waals surface area (Å²) in [5.74, 6) is 0. The molecule has 3 nitrogen and oxygen atoms in total. The van der Waals surface area contributed by atoms with Crippen molar-refractivity contribution in [3.05, 3.63) is 45.3 Å². The first kappa shape index (κ1) is 13.1. The fraction of sp³-hybridized carbons (Fsp3) is 0.357. The second-order valence-corrected chi connectivity index (χ2v) is 6.64. The highest BCUT2D eigenvalue weighted by atomic mass is 79.9. The predicted molar refractivity (Wildman–Crippen MR) is 83.7 cm³/mol. The van der Waals surface area contributed by atoms with Crippen LogP contribution in [0.4, 0.5) is 5.69 Å². The minimum atomic E-state index is 0.575. The van der Waals surface area contributed by atoms with Gasteiger partial charge in [0.15, 0.2) is 0 Å². The van der Waals surface area contributed by atoms with Crippen LogP contribution in [0.1, 0.15) is 11.3 Å². The Balaban J connectivity index is 1.53. The van der Waals surface area contributed by atoms with Gasteiger partial charge in [0.2, 0.25) is 0 Å². The number of nitrogens with one attached hydrogen (secondary N) is 1. The summed E-state index contributed by atoms with van der Waals surface area (Å²) in [6, 6.07) is 9.14. The molecule has 1 aromatic carbocycles. The van der Waals surface area contributed by atoms with Gasteiger partial charge >= 0.3 is 0 Å². The summed E-state index contributed by atoms with van der Waals surface area (Å²) in [6.07, 6.45) is 3.15.